The minimum atomic E-state index is -1.07. The smallest absolute Gasteiger partial charge is 0.334 e. The van der Waals surface area contributed by atoms with Crippen LogP contribution in [0.25, 0.3) is 0 Å². The number of carbonyl (C=O) groups is 2. The first-order valence-corrected chi connectivity index (χ1v) is 6.16. The van der Waals surface area contributed by atoms with Crippen molar-refractivity contribution in [2.75, 3.05) is 38.2 Å². The van der Waals surface area contributed by atoms with Gasteiger partial charge >= 0.3 is 12.0 Å². The molecule has 7 heteroatoms. The lowest BCUT2D eigenvalue weighted by Crippen LogP contribution is -2.47. The highest BCUT2D eigenvalue weighted by Gasteiger charge is 2.20. The van der Waals surface area contributed by atoms with Crippen LogP contribution in [0.4, 0.5) is 4.79 Å². The van der Waals surface area contributed by atoms with Gasteiger partial charge in [0.2, 0.25) is 0 Å². The molecule has 0 aliphatic carbocycles. The zero-order valence-electron chi connectivity index (χ0n) is 9.14. The summed E-state index contributed by atoms with van der Waals surface area (Å²) in [5, 5.41) is 11.3. The lowest BCUT2D eigenvalue weighted by molar-refractivity contribution is -0.148. The Morgan fingerprint density at radius 1 is 1.50 bits per heavy atom. The molecule has 0 aromatic rings. The molecule has 2 amide bonds. The van der Waals surface area contributed by atoms with Crippen molar-refractivity contribution in [1.29, 1.82) is 0 Å². The molecule has 1 unspecified atom stereocenters. The molecule has 0 aromatic carbocycles. The van der Waals surface area contributed by atoms with Crippen LogP contribution in [0, 0.1) is 0 Å². The maximum atomic E-state index is 11.6. The first kappa shape index (κ1) is 13.1. The molecule has 0 radical (unpaired) electrons. The molecule has 16 heavy (non-hydrogen) atoms. The Bertz CT molecular complexity index is 256. The number of carboxylic acids is 1. The van der Waals surface area contributed by atoms with Crippen LogP contribution < -0.4 is 5.32 Å². The molecule has 92 valence electrons. The van der Waals surface area contributed by atoms with Gasteiger partial charge in [-0.15, -0.1) is 0 Å². The summed E-state index contributed by atoms with van der Waals surface area (Å²) in [6, 6.07) is -0.219. The van der Waals surface area contributed by atoms with Crippen molar-refractivity contribution in [3.8, 4) is 0 Å². The number of nitrogens with one attached hydrogen (secondary N) is 1. The van der Waals surface area contributed by atoms with E-state index < -0.39 is 12.1 Å². The largest absolute Gasteiger partial charge is 0.479 e. The fourth-order valence-corrected chi connectivity index (χ4v) is 2.23. The number of ether oxygens (including phenoxy) is 1. The number of hydrogen-bond donors (Lipinski definition) is 2. The fraction of sp³-hybridized carbons (Fsp3) is 0.778. The summed E-state index contributed by atoms with van der Waals surface area (Å²) >= 11 is 1.81. The molecule has 0 bridgehead atoms. The summed E-state index contributed by atoms with van der Waals surface area (Å²) in [5.41, 5.74) is 0. The van der Waals surface area contributed by atoms with Crippen molar-refractivity contribution in [2.45, 2.75) is 6.10 Å². The van der Waals surface area contributed by atoms with Gasteiger partial charge < -0.3 is 20.1 Å². The monoisotopic (exact) mass is 248 g/mol. The van der Waals surface area contributed by atoms with Gasteiger partial charge in [-0.2, -0.15) is 11.8 Å². The maximum Gasteiger partial charge on any atom is 0.334 e. The quantitative estimate of drug-likeness (QED) is 0.723. The summed E-state index contributed by atoms with van der Waals surface area (Å²) < 4.78 is 4.71. The number of carboxylic acid groups (broad SMARTS) is 1. The minimum Gasteiger partial charge on any atom is -0.479 e. The molecule has 0 spiro atoms. The van der Waals surface area contributed by atoms with Gasteiger partial charge in [0.25, 0.3) is 0 Å². The average Bonchev–Trinajstić information content (AvgIpc) is 2.30. The number of methoxy groups -OCH3 is 1. The number of hydrogen-bond acceptors (Lipinski definition) is 4. The van der Waals surface area contributed by atoms with Crippen molar-refractivity contribution in [1.82, 2.24) is 10.2 Å². The Morgan fingerprint density at radius 2 is 2.12 bits per heavy atom. The predicted octanol–water partition coefficient (Wildman–Crippen LogP) is -0.156. The Morgan fingerprint density at radius 3 is 2.62 bits per heavy atom. The van der Waals surface area contributed by atoms with Gasteiger partial charge in [0.1, 0.15) is 0 Å². The van der Waals surface area contributed by atoms with E-state index in [0.717, 1.165) is 11.5 Å². The van der Waals surface area contributed by atoms with Gasteiger partial charge in [-0.3, -0.25) is 0 Å². The van der Waals surface area contributed by atoms with E-state index in [4.69, 9.17) is 9.84 Å². The Balaban J connectivity index is 2.30. The topological polar surface area (TPSA) is 78.9 Å². The van der Waals surface area contributed by atoms with E-state index in [2.05, 4.69) is 5.32 Å². The fourth-order valence-electron chi connectivity index (χ4n) is 1.33. The second kappa shape index (κ2) is 6.59. The van der Waals surface area contributed by atoms with E-state index in [1.165, 1.54) is 7.11 Å². The average molecular weight is 248 g/mol. The number of rotatable bonds is 4. The number of carbonyl (C=O) groups excluding carboxylic acids is 1. The van der Waals surface area contributed by atoms with Crippen molar-refractivity contribution in [3.63, 3.8) is 0 Å². The zero-order valence-corrected chi connectivity index (χ0v) is 9.96. The molecule has 1 saturated heterocycles. The highest BCUT2D eigenvalue weighted by Crippen LogP contribution is 2.08. The lowest BCUT2D eigenvalue weighted by atomic mass is 10.3. The Kier molecular flexibility index (Phi) is 5.41. The van der Waals surface area contributed by atoms with Gasteiger partial charge in [-0.05, 0) is 0 Å². The molecule has 0 saturated carbocycles. The van der Waals surface area contributed by atoms with Crippen LogP contribution in [0.3, 0.4) is 0 Å². The molecule has 1 aliphatic heterocycles. The summed E-state index contributed by atoms with van der Waals surface area (Å²) in [6.07, 6.45) is -0.983. The van der Waals surface area contributed by atoms with Gasteiger partial charge in [-0.1, -0.05) is 0 Å². The minimum absolute atomic E-state index is 0.00565. The highest BCUT2D eigenvalue weighted by molar-refractivity contribution is 7.99. The second-order valence-electron chi connectivity index (χ2n) is 3.35. The van der Waals surface area contributed by atoms with Gasteiger partial charge in [0.05, 0.1) is 6.54 Å². The van der Waals surface area contributed by atoms with E-state index in [9.17, 15) is 9.59 Å². The number of thioether (sulfide) groups is 1. The van der Waals surface area contributed by atoms with Crippen molar-refractivity contribution in [3.05, 3.63) is 0 Å². The molecule has 1 rings (SSSR count). The van der Waals surface area contributed by atoms with Crippen molar-refractivity contribution < 1.29 is 19.4 Å². The van der Waals surface area contributed by atoms with Crippen LogP contribution >= 0.6 is 11.8 Å². The molecule has 0 aromatic heterocycles. The number of nitrogens with zero attached hydrogens (tertiary/aromatic N) is 1. The first-order valence-electron chi connectivity index (χ1n) is 5.01. The van der Waals surface area contributed by atoms with Crippen LogP contribution in [0.15, 0.2) is 0 Å². The van der Waals surface area contributed by atoms with E-state index in [-0.39, 0.29) is 12.6 Å². The van der Waals surface area contributed by atoms with Gasteiger partial charge in [0.15, 0.2) is 6.10 Å². The molecule has 1 fully saturated rings. The number of urea groups is 1. The second-order valence-corrected chi connectivity index (χ2v) is 4.57. The molecule has 1 aliphatic rings. The third kappa shape index (κ3) is 3.90. The summed E-state index contributed by atoms with van der Waals surface area (Å²) in [6.45, 7) is 1.41. The first-order chi connectivity index (χ1) is 7.65. The zero-order chi connectivity index (χ0) is 12.0. The summed E-state index contributed by atoms with van der Waals surface area (Å²) in [4.78, 5) is 23.9. The van der Waals surface area contributed by atoms with Crippen LogP contribution in [0.5, 0.6) is 0 Å². The van der Waals surface area contributed by atoms with Crippen molar-refractivity contribution >= 4 is 23.8 Å². The van der Waals surface area contributed by atoms with Crippen LogP contribution in [-0.4, -0.2) is 66.4 Å². The van der Waals surface area contributed by atoms with E-state index in [1.807, 2.05) is 11.8 Å². The Hall–Kier alpha value is -0.950. The van der Waals surface area contributed by atoms with Crippen LogP contribution in [0.1, 0.15) is 0 Å². The van der Waals surface area contributed by atoms with Gasteiger partial charge in [-0.25, -0.2) is 9.59 Å². The highest BCUT2D eigenvalue weighted by atomic mass is 32.2. The molecular weight excluding hydrogens is 232 g/mol. The molecule has 2 N–H and O–H groups in total. The third-order valence-corrected chi connectivity index (χ3v) is 3.24. The SMILES string of the molecule is COC(CNC(=O)N1CCSCC1)C(=O)O. The molecular formula is C9H16N2O4S. The predicted molar refractivity (Wildman–Crippen MR) is 60.7 cm³/mol. The van der Waals surface area contributed by atoms with Crippen LogP contribution in [-0.2, 0) is 9.53 Å². The number of amides is 2. The summed E-state index contributed by atoms with van der Waals surface area (Å²) in [7, 11) is 1.31. The molecule has 1 heterocycles. The van der Waals surface area contributed by atoms with E-state index in [0.29, 0.717) is 13.1 Å². The number of aliphatic carboxylic acids is 1. The summed E-state index contributed by atoms with van der Waals surface area (Å²) in [5.74, 6) is 0.789. The normalized spacial score (nSPS) is 17.9. The molecule has 1 atom stereocenters. The van der Waals surface area contributed by atoms with Crippen LogP contribution in [0.2, 0.25) is 0 Å². The van der Waals surface area contributed by atoms with E-state index >= 15 is 0 Å². The van der Waals surface area contributed by atoms with E-state index in [1.54, 1.807) is 4.90 Å². The Labute approximate surface area is 98.3 Å². The maximum absolute atomic E-state index is 11.6. The standard InChI is InChI=1S/C9H16N2O4S/c1-15-7(8(12)13)6-10-9(14)11-2-4-16-5-3-11/h7H,2-6H2,1H3,(H,10,14)(H,12,13). The van der Waals surface area contributed by atoms with Crippen molar-refractivity contribution in [2.24, 2.45) is 0 Å². The third-order valence-electron chi connectivity index (χ3n) is 2.30. The lowest BCUT2D eigenvalue weighted by Gasteiger charge is -2.27. The molecule has 6 nitrogen and oxygen atoms in total. The van der Waals surface area contributed by atoms with Gasteiger partial charge in [0, 0.05) is 31.7 Å².